The molecule has 0 aliphatic rings. The van der Waals surface area contributed by atoms with Crippen molar-refractivity contribution in [2.24, 2.45) is 0 Å². The Morgan fingerprint density at radius 3 is 2.69 bits per heavy atom. The van der Waals surface area contributed by atoms with Gasteiger partial charge in [-0.2, -0.15) is 0 Å². The van der Waals surface area contributed by atoms with E-state index in [2.05, 4.69) is 20.2 Å². The molecular weight excluding hydrogens is 464 g/mol. The van der Waals surface area contributed by atoms with E-state index in [0.29, 0.717) is 37.8 Å². The van der Waals surface area contributed by atoms with E-state index >= 15 is 0 Å². The average Bonchev–Trinajstić information content (AvgIpc) is 3.37. The highest BCUT2D eigenvalue weighted by molar-refractivity contribution is 7.98. The summed E-state index contributed by atoms with van der Waals surface area (Å²) in [6, 6.07) is 15.4. The minimum atomic E-state index is -0.198. The molecule has 0 bridgehead atoms. The van der Waals surface area contributed by atoms with Gasteiger partial charge in [-0.15, -0.1) is 21.5 Å². The molecule has 0 spiro atoms. The van der Waals surface area contributed by atoms with Crippen LogP contribution in [0.25, 0.3) is 32.7 Å². The van der Waals surface area contributed by atoms with E-state index in [-0.39, 0.29) is 5.56 Å². The fourth-order valence-electron chi connectivity index (χ4n) is 3.35. The fraction of sp³-hybridized carbons (Fsp3) is 0.0909. The summed E-state index contributed by atoms with van der Waals surface area (Å²) in [6.45, 7) is 2.02. The summed E-state index contributed by atoms with van der Waals surface area (Å²) in [6.07, 6.45) is 0. The van der Waals surface area contributed by atoms with Crippen LogP contribution in [-0.4, -0.2) is 24.8 Å². The topological polar surface area (TPSA) is 102 Å². The van der Waals surface area contributed by atoms with E-state index in [4.69, 9.17) is 17.4 Å². The first-order valence-corrected chi connectivity index (χ1v) is 11.9. The highest BCUT2D eigenvalue weighted by Crippen LogP contribution is 2.35. The molecule has 3 N–H and O–H groups in total. The summed E-state index contributed by atoms with van der Waals surface area (Å²) >= 11 is 9.10. The van der Waals surface area contributed by atoms with Gasteiger partial charge in [0.25, 0.3) is 5.56 Å². The van der Waals surface area contributed by atoms with Crippen LogP contribution in [0.15, 0.2) is 63.9 Å². The molecular formula is C22H17ClN6OS2. The molecule has 10 heteroatoms. The lowest BCUT2D eigenvalue weighted by Crippen LogP contribution is -2.13. The quantitative estimate of drug-likeness (QED) is 0.274. The summed E-state index contributed by atoms with van der Waals surface area (Å²) in [5.41, 5.74) is 3.44. The number of nitrogen functional groups attached to an aromatic ring is 1. The Hall–Kier alpha value is -3.14. The van der Waals surface area contributed by atoms with Gasteiger partial charge in [0.1, 0.15) is 10.7 Å². The van der Waals surface area contributed by atoms with Crippen molar-refractivity contribution in [3.8, 4) is 22.5 Å². The van der Waals surface area contributed by atoms with Crippen molar-refractivity contribution in [2.75, 3.05) is 5.84 Å². The van der Waals surface area contributed by atoms with Crippen LogP contribution in [-0.2, 0) is 5.75 Å². The molecule has 0 fully saturated rings. The first kappa shape index (κ1) is 20.7. The number of aromatic nitrogens is 5. The van der Waals surface area contributed by atoms with Gasteiger partial charge in [-0.05, 0) is 13.0 Å². The molecule has 2 aromatic carbocycles. The lowest BCUT2D eigenvalue weighted by molar-refractivity contribution is 0.848. The number of halogens is 1. The largest absolute Gasteiger partial charge is 0.335 e. The molecule has 160 valence electrons. The molecule has 0 saturated heterocycles. The van der Waals surface area contributed by atoms with Crippen molar-refractivity contribution < 1.29 is 0 Å². The molecule has 0 atom stereocenters. The lowest BCUT2D eigenvalue weighted by atomic mass is 10.1. The van der Waals surface area contributed by atoms with Crippen LogP contribution in [0.4, 0.5) is 0 Å². The van der Waals surface area contributed by atoms with Gasteiger partial charge >= 0.3 is 0 Å². The summed E-state index contributed by atoms with van der Waals surface area (Å²) in [5.74, 6) is 7.72. The summed E-state index contributed by atoms with van der Waals surface area (Å²) in [5, 5.41) is 12.0. The smallest absolute Gasteiger partial charge is 0.260 e. The number of aromatic amines is 1. The minimum absolute atomic E-state index is 0.198. The average molecular weight is 481 g/mol. The highest BCUT2D eigenvalue weighted by Gasteiger charge is 2.16. The Kier molecular flexibility index (Phi) is 5.46. The van der Waals surface area contributed by atoms with Crippen LogP contribution in [0.5, 0.6) is 0 Å². The van der Waals surface area contributed by atoms with Gasteiger partial charge in [-0.3, -0.25) is 4.79 Å². The second-order valence-electron chi connectivity index (χ2n) is 7.15. The number of thioether (sulfide) groups is 1. The standard InChI is InChI=1S/C22H17ClN6OS2/c1-12-6-8-13(9-7-12)19-27-28-22(29(19)24)32-11-17-25-20(30)18-15(10-31-21(18)26-17)14-4-2-3-5-16(14)23/h2-10H,11,24H2,1H3,(H,25,26,30). The Labute approximate surface area is 196 Å². The van der Waals surface area contributed by atoms with Gasteiger partial charge in [-0.25, -0.2) is 9.66 Å². The molecule has 0 radical (unpaired) electrons. The van der Waals surface area contributed by atoms with Gasteiger partial charge in [0, 0.05) is 27.1 Å². The van der Waals surface area contributed by atoms with E-state index in [1.807, 2.05) is 54.8 Å². The number of rotatable bonds is 5. The molecule has 3 aromatic heterocycles. The second kappa shape index (κ2) is 8.42. The van der Waals surface area contributed by atoms with Gasteiger partial charge in [-0.1, -0.05) is 71.4 Å². The number of thiophene rings is 1. The second-order valence-corrected chi connectivity index (χ2v) is 9.36. The molecule has 3 heterocycles. The Bertz CT molecular complexity index is 1490. The van der Waals surface area contributed by atoms with Crippen LogP contribution in [0.3, 0.4) is 0 Å². The number of aryl methyl sites for hydroxylation is 1. The highest BCUT2D eigenvalue weighted by atomic mass is 35.5. The van der Waals surface area contributed by atoms with E-state index in [9.17, 15) is 4.79 Å². The molecule has 0 aliphatic carbocycles. The fourth-order valence-corrected chi connectivity index (χ4v) is 5.27. The maximum Gasteiger partial charge on any atom is 0.260 e. The first-order chi connectivity index (χ1) is 15.5. The molecule has 32 heavy (non-hydrogen) atoms. The van der Waals surface area contributed by atoms with Crippen molar-refractivity contribution in [2.45, 2.75) is 17.8 Å². The maximum atomic E-state index is 12.9. The number of nitrogens with zero attached hydrogens (tertiary/aromatic N) is 4. The van der Waals surface area contributed by atoms with E-state index in [1.54, 1.807) is 6.07 Å². The Morgan fingerprint density at radius 2 is 1.91 bits per heavy atom. The number of nitrogens with two attached hydrogens (primary N) is 1. The predicted octanol–water partition coefficient (Wildman–Crippen LogP) is 4.88. The molecule has 5 aromatic rings. The Balaban J connectivity index is 1.41. The lowest BCUT2D eigenvalue weighted by Gasteiger charge is -2.05. The first-order valence-electron chi connectivity index (χ1n) is 9.67. The minimum Gasteiger partial charge on any atom is -0.335 e. The molecule has 7 nitrogen and oxygen atoms in total. The van der Waals surface area contributed by atoms with Crippen molar-refractivity contribution in [3.63, 3.8) is 0 Å². The molecule has 0 unspecified atom stereocenters. The summed E-state index contributed by atoms with van der Waals surface area (Å²) in [7, 11) is 0. The van der Waals surface area contributed by atoms with Gasteiger partial charge in [0.2, 0.25) is 5.16 Å². The number of H-pyrrole nitrogens is 1. The summed E-state index contributed by atoms with van der Waals surface area (Å²) in [4.78, 5) is 21.0. The molecule has 5 rings (SSSR count). The molecule has 0 aliphatic heterocycles. The maximum absolute atomic E-state index is 12.9. The van der Waals surface area contributed by atoms with Gasteiger partial charge in [0.05, 0.1) is 11.1 Å². The third kappa shape index (κ3) is 3.79. The zero-order valence-corrected chi connectivity index (χ0v) is 19.3. The van der Waals surface area contributed by atoms with Crippen molar-refractivity contribution in [3.05, 3.63) is 80.7 Å². The van der Waals surface area contributed by atoms with Crippen LogP contribution in [0.1, 0.15) is 11.4 Å². The number of benzene rings is 2. The van der Waals surface area contributed by atoms with Crippen LogP contribution in [0, 0.1) is 6.92 Å². The number of nitrogens with one attached hydrogen (secondary N) is 1. The zero-order valence-electron chi connectivity index (χ0n) is 16.9. The van der Waals surface area contributed by atoms with Crippen LogP contribution < -0.4 is 11.4 Å². The van der Waals surface area contributed by atoms with E-state index < -0.39 is 0 Å². The van der Waals surface area contributed by atoms with Crippen molar-refractivity contribution in [1.82, 2.24) is 24.8 Å². The Morgan fingerprint density at radius 1 is 1.12 bits per heavy atom. The van der Waals surface area contributed by atoms with E-state index in [0.717, 1.165) is 22.3 Å². The van der Waals surface area contributed by atoms with Crippen LogP contribution >= 0.6 is 34.7 Å². The number of hydrogen-bond acceptors (Lipinski definition) is 7. The van der Waals surface area contributed by atoms with Gasteiger partial charge in [0.15, 0.2) is 5.82 Å². The van der Waals surface area contributed by atoms with E-state index in [1.165, 1.54) is 27.8 Å². The molecule has 0 amide bonds. The summed E-state index contributed by atoms with van der Waals surface area (Å²) < 4.78 is 1.45. The monoisotopic (exact) mass is 480 g/mol. The van der Waals surface area contributed by atoms with Crippen molar-refractivity contribution >= 4 is 44.9 Å². The third-order valence-corrected chi connectivity index (χ3v) is 7.13. The van der Waals surface area contributed by atoms with Gasteiger partial charge < -0.3 is 10.8 Å². The number of fused-ring (bicyclic) bond motifs is 1. The SMILES string of the molecule is Cc1ccc(-c2nnc(SCc3nc4scc(-c5ccccc5Cl)c4c(=O)[nH]3)n2N)cc1. The third-order valence-electron chi connectivity index (χ3n) is 4.97. The number of hydrogen-bond donors (Lipinski definition) is 2. The zero-order chi connectivity index (χ0) is 22.2. The normalized spacial score (nSPS) is 11.3. The van der Waals surface area contributed by atoms with Crippen LogP contribution in [0.2, 0.25) is 5.02 Å². The predicted molar refractivity (Wildman–Crippen MR) is 131 cm³/mol. The molecule has 0 saturated carbocycles. The van der Waals surface area contributed by atoms with Crippen molar-refractivity contribution in [1.29, 1.82) is 0 Å².